The van der Waals surface area contributed by atoms with E-state index in [0.29, 0.717) is 16.8 Å². The lowest BCUT2D eigenvalue weighted by molar-refractivity contribution is 0.0926. The summed E-state index contributed by atoms with van der Waals surface area (Å²) >= 11 is 0. The van der Waals surface area contributed by atoms with Crippen molar-refractivity contribution in [2.75, 3.05) is 11.2 Å². The smallest absolute Gasteiger partial charge is 0.266 e. The molecule has 5 nitrogen and oxygen atoms in total. The van der Waals surface area contributed by atoms with Gasteiger partial charge in [-0.15, -0.1) is 0 Å². The second kappa shape index (κ2) is 6.17. The number of nitrogens with zero attached hydrogens (tertiary/aromatic N) is 1. The van der Waals surface area contributed by atoms with E-state index in [1.807, 2.05) is 6.07 Å². The molecule has 134 valence electrons. The summed E-state index contributed by atoms with van der Waals surface area (Å²) in [6, 6.07) is 20.3. The molecule has 0 spiro atoms. The Kier molecular flexibility index (Phi) is 3.93. The second-order valence-electron chi connectivity index (χ2n) is 6.34. The monoisotopic (exact) mass is 377 g/mol. The molecule has 0 N–H and O–H groups in total. The first-order chi connectivity index (χ1) is 12.9. The van der Waals surface area contributed by atoms with Gasteiger partial charge in [-0.1, -0.05) is 36.4 Å². The Morgan fingerprint density at radius 1 is 0.704 bits per heavy atom. The highest BCUT2D eigenvalue weighted by Crippen LogP contribution is 2.31. The number of hydrogen-bond donors (Lipinski definition) is 0. The van der Waals surface area contributed by atoms with Gasteiger partial charge in [0.2, 0.25) is 0 Å². The van der Waals surface area contributed by atoms with Crippen LogP contribution in [0.3, 0.4) is 0 Å². The molecule has 0 saturated heterocycles. The Morgan fingerprint density at radius 3 is 1.85 bits per heavy atom. The minimum Gasteiger partial charge on any atom is -0.268 e. The lowest BCUT2D eigenvalue weighted by atomic mass is 10.0. The molecule has 27 heavy (non-hydrogen) atoms. The van der Waals surface area contributed by atoms with E-state index < -0.39 is 9.84 Å². The van der Waals surface area contributed by atoms with Crippen LogP contribution in [0.5, 0.6) is 0 Å². The van der Waals surface area contributed by atoms with E-state index in [1.54, 1.807) is 66.7 Å². The van der Waals surface area contributed by atoms with E-state index in [9.17, 15) is 18.0 Å². The molecule has 0 aliphatic carbocycles. The van der Waals surface area contributed by atoms with Gasteiger partial charge in [0.05, 0.1) is 21.7 Å². The third-order valence-corrected chi connectivity index (χ3v) is 5.64. The SMILES string of the molecule is CS(=O)(=O)c1ccc(-c2cccc(N3C(=O)c4ccccc4C3=O)c2)cc1. The number of carbonyl (C=O) groups is 2. The summed E-state index contributed by atoms with van der Waals surface area (Å²) in [6.45, 7) is 0. The van der Waals surface area contributed by atoms with Gasteiger partial charge in [0.15, 0.2) is 9.84 Å². The predicted molar refractivity (Wildman–Crippen MR) is 103 cm³/mol. The molecule has 0 aromatic heterocycles. The average molecular weight is 377 g/mol. The van der Waals surface area contributed by atoms with Crippen molar-refractivity contribution < 1.29 is 18.0 Å². The number of fused-ring (bicyclic) bond motifs is 1. The van der Waals surface area contributed by atoms with Crippen LogP contribution in [-0.4, -0.2) is 26.5 Å². The van der Waals surface area contributed by atoms with Gasteiger partial charge in [0, 0.05) is 6.26 Å². The van der Waals surface area contributed by atoms with Crippen LogP contribution in [0.25, 0.3) is 11.1 Å². The molecule has 0 saturated carbocycles. The van der Waals surface area contributed by atoms with E-state index in [1.165, 1.54) is 4.90 Å². The second-order valence-corrected chi connectivity index (χ2v) is 8.35. The van der Waals surface area contributed by atoms with Gasteiger partial charge in [-0.05, 0) is 47.5 Å². The molecule has 0 bridgehead atoms. The van der Waals surface area contributed by atoms with Gasteiger partial charge in [0.25, 0.3) is 11.8 Å². The molecule has 0 atom stereocenters. The lowest BCUT2D eigenvalue weighted by Gasteiger charge is -2.15. The third-order valence-electron chi connectivity index (χ3n) is 4.51. The topological polar surface area (TPSA) is 71.5 Å². The molecule has 0 radical (unpaired) electrons. The Labute approximate surface area is 156 Å². The molecule has 2 amide bonds. The van der Waals surface area contributed by atoms with Crippen molar-refractivity contribution in [2.24, 2.45) is 0 Å². The van der Waals surface area contributed by atoms with Gasteiger partial charge in [-0.3, -0.25) is 9.59 Å². The number of carbonyl (C=O) groups excluding carboxylic acids is 2. The molecule has 1 aliphatic heterocycles. The average Bonchev–Trinajstić information content (AvgIpc) is 2.92. The number of rotatable bonds is 3. The third kappa shape index (κ3) is 2.94. The van der Waals surface area contributed by atoms with Gasteiger partial charge in [-0.2, -0.15) is 0 Å². The van der Waals surface area contributed by atoms with Crippen LogP contribution in [0.15, 0.2) is 77.7 Å². The summed E-state index contributed by atoms with van der Waals surface area (Å²) < 4.78 is 23.2. The van der Waals surface area contributed by atoms with Crippen molar-refractivity contribution in [3.8, 4) is 11.1 Å². The molecule has 3 aromatic rings. The summed E-state index contributed by atoms with van der Waals surface area (Å²) in [7, 11) is -3.27. The zero-order valence-electron chi connectivity index (χ0n) is 14.4. The van der Waals surface area contributed by atoms with Crippen molar-refractivity contribution in [1.29, 1.82) is 0 Å². The summed E-state index contributed by atoms with van der Waals surface area (Å²) in [4.78, 5) is 26.7. The molecule has 0 unspecified atom stereocenters. The fraction of sp³-hybridized carbons (Fsp3) is 0.0476. The Hall–Kier alpha value is -3.25. The molecule has 1 heterocycles. The first-order valence-corrected chi connectivity index (χ1v) is 10.1. The molecule has 4 rings (SSSR count). The molecular formula is C21H15NO4S. The van der Waals surface area contributed by atoms with Crippen molar-refractivity contribution in [2.45, 2.75) is 4.90 Å². The van der Waals surface area contributed by atoms with Gasteiger partial charge < -0.3 is 0 Å². The normalized spacial score (nSPS) is 13.7. The number of anilines is 1. The van der Waals surface area contributed by atoms with Gasteiger partial charge >= 0.3 is 0 Å². The van der Waals surface area contributed by atoms with E-state index >= 15 is 0 Å². The van der Waals surface area contributed by atoms with Gasteiger partial charge in [0.1, 0.15) is 0 Å². The Morgan fingerprint density at radius 2 is 1.30 bits per heavy atom. The quantitative estimate of drug-likeness (QED) is 0.655. The standard InChI is InChI=1S/C21H15NO4S/c1-27(25,26)17-11-9-14(10-12-17)15-5-4-6-16(13-15)22-20(23)18-7-2-3-8-19(18)21(22)24/h2-13H,1H3. The van der Waals surface area contributed by atoms with Crippen LogP contribution in [0.4, 0.5) is 5.69 Å². The maximum absolute atomic E-state index is 12.6. The first-order valence-electron chi connectivity index (χ1n) is 8.24. The molecule has 1 aliphatic rings. The molecular weight excluding hydrogens is 362 g/mol. The van der Waals surface area contributed by atoms with Crippen LogP contribution in [-0.2, 0) is 9.84 Å². The zero-order chi connectivity index (χ0) is 19.2. The summed E-state index contributed by atoms with van der Waals surface area (Å²) in [5.74, 6) is -0.694. The fourth-order valence-electron chi connectivity index (χ4n) is 3.14. The highest BCUT2D eigenvalue weighted by molar-refractivity contribution is 7.90. The van der Waals surface area contributed by atoms with E-state index in [0.717, 1.165) is 17.4 Å². The summed E-state index contributed by atoms with van der Waals surface area (Å²) in [6.07, 6.45) is 1.16. The van der Waals surface area contributed by atoms with Crippen LogP contribution in [0, 0.1) is 0 Å². The maximum atomic E-state index is 12.6. The van der Waals surface area contributed by atoms with E-state index in [2.05, 4.69) is 0 Å². The van der Waals surface area contributed by atoms with Crippen molar-refractivity contribution >= 4 is 27.3 Å². The first kappa shape index (κ1) is 17.2. The summed E-state index contributed by atoms with van der Waals surface area (Å²) in [5.41, 5.74) is 2.84. The minimum atomic E-state index is -3.27. The van der Waals surface area contributed by atoms with Gasteiger partial charge in [-0.25, -0.2) is 13.3 Å². The van der Waals surface area contributed by atoms with Crippen LogP contribution < -0.4 is 4.90 Å². The van der Waals surface area contributed by atoms with Crippen LogP contribution >= 0.6 is 0 Å². The lowest BCUT2D eigenvalue weighted by Crippen LogP contribution is -2.29. The number of imide groups is 1. The Balaban J connectivity index is 1.72. The number of amides is 2. The van der Waals surface area contributed by atoms with Crippen molar-refractivity contribution in [3.05, 3.63) is 83.9 Å². The number of hydrogen-bond acceptors (Lipinski definition) is 4. The zero-order valence-corrected chi connectivity index (χ0v) is 15.2. The largest absolute Gasteiger partial charge is 0.268 e. The number of benzene rings is 3. The van der Waals surface area contributed by atoms with Crippen molar-refractivity contribution in [3.63, 3.8) is 0 Å². The molecule has 0 fully saturated rings. The summed E-state index contributed by atoms with van der Waals surface area (Å²) in [5, 5.41) is 0. The van der Waals surface area contributed by atoms with Crippen molar-refractivity contribution in [1.82, 2.24) is 0 Å². The van der Waals surface area contributed by atoms with Crippen LogP contribution in [0.1, 0.15) is 20.7 Å². The highest BCUT2D eigenvalue weighted by Gasteiger charge is 2.36. The predicted octanol–water partition coefficient (Wildman–Crippen LogP) is 3.56. The van der Waals surface area contributed by atoms with E-state index in [-0.39, 0.29) is 16.7 Å². The number of sulfone groups is 1. The fourth-order valence-corrected chi connectivity index (χ4v) is 3.77. The highest BCUT2D eigenvalue weighted by atomic mass is 32.2. The maximum Gasteiger partial charge on any atom is 0.266 e. The van der Waals surface area contributed by atoms with Crippen LogP contribution in [0.2, 0.25) is 0 Å². The minimum absolute atomic E-state index is 0.239. The van der Waals surface area contributed by atoms with E-state index in [4.69, 9.17) is 0 Å². The Bertz CT molecular complexity index is 1150. The molecule has 6 heteroatoms. The molecule has 3 aromatic carbocycles.